The molecule has 1 unspecified atom stereocenters. The quantitative estimate of drug-likeness (QED) is 0.281. The molecule has 0 radical (unpaired) electrons. The van der Waals surface area contributed by atoms with E-state index in [9.17, 15) is 0 Å². The van der Waals surface area contributed by atoms with Gasteiger partial charge in [0.15, 0.2) is 0 Å². The third kappa shape index (κ3) is 6.08. The van der Waals surface area contributed by atoms with E-state index >= 15 is 0 Å². The summed E-state index contributed by atoms with van der Waals surface area (Å²) >= 11 is 7.92. The molecular formula is C29H27ClN2OS. The predicted octanol–water partition coefficient (Wildman–Crippen LogP) is 7.00. The van der Waals surface area contributed by atoms with E-state index in [2.05, 4.69) is 76.6 Å². The van der Waals surface area contributed by atoms with Crippen LogP contribution in [0.3, 0.4) is 0 Å². The summed E-state index contributed by atoms with van der Waals surface area (Å²) in [6.45, 7) is 3.68. The van der Waals surface area contributed by atoms with Crippen LogP contribution in [0.15, 0.2) is 107 Å². The van der Waals surface area contributed by atoms with Crippen LogP contribution in [0, 0.1) is 0 Å². The smallest absolute Gasteiger partial charge is 0.109 e. The van der Waals surface area contributed by atoms with Crippen LogP contribution in [0.1, 0.15) is 11.1 Å². The number of benzene rings is 3. The molecule has 1 aliphatic rings. The van der Waals surface area contributed by atoms with Gasteiger partial charge in [-0.3, -0.25) is 4.90 Å². The fourth-order valence-electron chi connectivity index (χ4n) is 4.35. The highest BCUT2D eigenvalue weighted by atomic mass is 35.5. The average molecular weight is 487 g/mol. The van der Waals surface area contributed by atoms with Crippen molar-refractivity contribution in [1.29, 1.82) is 0 Å². The van der Waals surface area contributed by atoms with Crippen LogP contribution in [0.5, 0.6) is 0 Å². The van der Waals surface area contributed by atoms with Crippen LogP contribution in [0.2, 0.25) is 5.02 Å². The summed E-state index contributed by atoms with van der Waals surface area (Å²) < 4.78 is 6.12. The topological polar surface area (TPSA) is 25.4 Å². The van der Waals surface area contributed by atoms with Gasteiger partial charge < -0.3 is 4.74 Å². The maximum Gasteiger partial charge on any atom is 0.109 e. The third-order valence-electron chi connectivity index (χ3n) is 5.96. The van der Waals surface area contributed by atoms with Gasteiger partial charge in [-0.1, -0.05) is 84.0 Å². The lowest BCUT2D eigenvalue weighted by Gasteiger charge is -2.33. The molecule has 0 amide bonds. The highest BCUT2D eigenvalue weighted by molar-refractivity contribution is 7.99. The van der Waals surface area contributed by atoms with Gasteiger partial charge in [0.1, 0.15) is 5.03 Å². The first-order valence-corrected chi connectivity index (χ1v) is 12.8. The normalized spacial score (nSPS) is 16.4. The number of halogens is 1. The Bertz CT molecular complexity index is 1230. The first-order valence-electron chi connectivity index (χ1n) is 11.6. The lowest BCUT2D eigenvalue weighted by atomic mass is 10.1. The lowest BCUT2D eigenvalue weighted by molar-refractivity contribution is -0.0305. The molecule has 0 saturated carbocycles. The van der Waals surface area contributed by atoms with Gasteiger partial charge in [-0.25, -0.2) is 4.98 Å². The van der Waals surface area contributed by atoms with E-state index in [1.54, 1.807) is 11.8 Å². The number of aromatic nitrogens is 1. The average Bonchev–Trinajstić information content (AvgIpc) is 2.86. The summed E-state index contributed by atoms with van der Waals surface area (Å²) in [5, 5.41) is 1.71. The maximum absolute atomic E-state index is 6.23. The van der Waals surface area contributed by atoms with Crippen molar-refractivity contribution >= 4 is 23.4 Å². The van der Waals surface area contributed by atoms with E-state index in [0.29, 0.717) is 0 Å². The minimum atomic E-state index is 0.203. The van der Waals surface area contributed by atoms with Crippen LogP contribution in [-0.4, -0.2) is 35.7 Å². The number of pyridine rings is 1. The second-order valence-corrected chi connectivity index (χ2v) is 10.0. The Morgan fingerprint density at radius 3 is 2.65 bits per heavy atom. The highest BCUT2D eigenvalue weighted by Gasteiger charge is 2.21. The van der Waals surface area contributed by atoms with E-state index in [4.69, 9.17) is 16.3 Å². The molecule has 0 aliphatic carbocycles. The summed E-state index contributed by atoms with van der Waals surface area (Å²) in [4.78, 5) is 8.33. The fraction of sp³-hybridized carbons (Fsp3) is 0.207. The summed E-state index contributed by atoms with van der Waals surface area (Å²) in [6, 6.07) is 31.4. The van der Waals surface area contributed by atoms with Gasteiger partial charge in [0, 0.05) is 41.3 Å². The Kier molecular flexibility index (Phi) is 7.62. The number of morpholine rings is 1. The van der Waals surface area contributed by atoms with Crippen molar-refractivity contribution in [3.8, 4) is 11.1 Å². The highest BCUT2D eigenvalue weighted by Crippen LogP contribution is 2.35. The molecule has 0 bridgehead atoms. The number of rotatable bonds is 7. The number of nitrogens with zero attached hydrogens (tertiary/aromatic N) is 2. The van der Waals surface area contributed by atoms with Crippen LogP contribution >= 0.6 is 23.4 Å². The van der Waals surface area contributed by atoms with Crippen molar-refractivity contribution < 1.29 is 4.74 Å². The minimum absolute atomic E-state index is 0.203. The third-order valence-corrected chi connectivity index (χ3v) is 7.20. The van der Waals surface area contributed by atoms with Crippen LogP contribution in [0.25, 0.3) is 11.1 Å². The molecule has 1 fully saturated rings. The molecule has 0 spiro atoms. The van der Waals surface area contributed by atoms with Gasteiger partial charge in [-0.2, -0.15) is 0 Å². The van der Waals surface area contributed by atoms with Crippen molar-refractivity contribution in [3.63, 3.8) is 0 Å². The van der Waals surface area contributed by atoms with E-state index in [1.165, 1.54) is 16.0 Å². The summed E-state index contributed by atoms with van der Waals surface area (Å²) in [6.07, 6.45) is 2.95. The minimum Gasteiger partial charge on any atom is -0.375 e. The molecule has 4 aromatic rings. The van der Waals surface area contributed by atoms with Gasteiger partial charge in [-0.05, 0) is 53.4 Å². The van der Waals surface area contributed by atoms with Crippen molar-refractivity contribution in [3.05, 3.63) is 113 Å². The Morgan fingerprint density at radius 2 is 1.76 bits per heavy atom. The largest absolute Gasteiger partial charge is 0.375 e. The molecule has 5 rings (SSSR count). The summed E-state index contributed by atoms with van der Waals surface area (Å²) in [5.74, 6) is 0. The van der Waals surface area contributed by atoms with Crippen molar-refractivity contribution in [1.82, 2.24) is 9.88 Å². The number of hydrogen-bond donors (Lipinski definition) is 0. The Balaban J connectivity index is 1.27. The van der Waals surface area contributed by atoms with Crippen molar-refractivity contribution in [2.75, 3.05) is 19.7 Å². The van der Waals surface area contributed by atoms with E-state index in [0.717, 1.165) is 53.8 Å². The maximum atomic E-state index is 6.23. The predicted molar refractivity (Wildman–Crippen MR) is 140 cm³/mol. The van der Waals surface area contributed by atoms with Crippen molar-refractivity contribution in [2.45, 2.75) is 29.0 Å². The van der Waals surface area contributed by atoms with E-state index in [1.807, 2.05) is 30.5 Å². The van der Waals surface area contributed by atoms with Crippen LogP contribution < -0.4 is 0 Å². The zero-order valence-corrected chi connectivity index (χ0v) is 20.5. The second kappa shape index (κ2) is 11.2. The van der Waals surface area contributed by atoms with E-state index in [-0.39, 0.29) is 6.10 Å². The SMILES string of the molecule is Clc1cccc(-c2cccnc2Sc2cccc(CC3CN(Cc4ccccc4)CCO3)c2)c1. The second-order valence-electron chi connectivity index (χ2n) is 8.53. The molecule has 5 heteroatoms. The zero-order chi connectivity index (χ0) is 23.2. The molecular weight excluding hydrogens is 460 g/mol. The monoisotopic (exact) mass is 486 g/mol. The molecule has 1 atom stereocenters. The number of hydrogen-bond acceptors (Lipinski definition) is 4. The molecule has 3 aromatic carbocycles. The standard InChI is InChI=1S/C29H27ClN2OS/c30-25-11-5-10-24(19-25)28-13-6-14-31-29(28)34-27-12-4-9-23(18-27)17-26-21-32(15-16-33-26)20-22-7-2-1-3-8-22/h1-14,18-19,26H,15-17,20-21H2. The fourth-order valence-corrected chi connectivity index (χ4v) is 5.53. The van der Waals surface area contributed by atoms with Gasteiger partial charge in [0.25, 0.3) is 0 Å². The zero-order valence-electron chi connectivity index (χ0n) is 18.9. The molecule has 172 valence electrons. The number of ether oxygens (including phenoxy) is 1. The van der Waals surface area contributed by atoms with Crippen molar-refractivity contribution in [2.24, 2.45) is 0 Å². The lowest BCUT2D eigenvalue weighted by Crippen LogP contribution is -2.42. The molecule has 2 heterocycles. The van der Waals surface area contributed by atoms with Gasteiger partial charge in [0.05, 0.1) is 12.7 Å². The summed E-state index contributed by atoms with van der Waals surface area (Å²) in [5.41, 5.74) is 4.81. The van der Waals surface area contributed by atoms with E-state index < -0.39 is 0 Å². The van der Waals surface area contributed by atoms with Gasteiger partial charge >= 0.3 is 0 Å². The van der Waals surface area contributed by atoms with Gasteiger partial charge in [0.2, 0.25) is 0 Å². The molecule has 1 aromatic heterocycles. The first kappa shape index (κ1) is 23.1. The summed E-state index contributed by atoms with van der Waals surface area (Å²) in [7, 11) is 0. The molecule has 34 heavy (non-hydrogen) atoms. The Hall–Kier alpha value is -2.63. The van der Waals surface area contributed by atoms with Gasteiger partial charge in [-0.15, -0.1) is 0 Å². The van der Waals surface area contributed by atoms with Crippen LogP contribution in [-0.2, 0) is 17.7 Å². The Morgan fingerprint density at radius 1 is 0.912 bits per heavy atom. The molecule has 0 N–H and O–H groups in total. The Labute approximate surface area is 210 Å². The molecule has 1 aliphatic heterocycles. The first-order chi connectivity index (χ1) is 16.7. The molecule has 1 saturated heterocycles. The van der Waals surface area contributed by atoms with Crippen LogP contribution in [0.4, 0.5) is 0 Å². The molecule has 3 nitrogen and oxygen atoms in total.